The maximum Gasteiger partial charge on any atom is 0.338 e. The topological polar surface area (TPSA) is 242 Å². The molecule has 0 amide bonds. The van der Waals surface area contributed by atoms with E-state index in [-0.39, 0.29) is 24.5 Å². The molecule has 0 spiro atoms. The van der Waals surface area contributed by atoms with E-state index < -0.39 is 0 Å². The number of ether oxygens (including phenoxy) is 3. The van der Waals surface area contributed by atoms with Crippen LogP contribution in [0.3, 0.4) is 0 Å². The molecule has 3 heterocycles. The summed E-state index contributed by atoms with van der Waals surface area (Å²) in [6.45, 7) is 2.79. The Hall–Kier alpha value is -7.50. The second-order valence-corrected chi connectivity index (χ2v) is 12.0. The summed E-state index contributed by atoms with van der Waals surface area (Å²) < 4.78 is 15.1. The van der Waals surface area contributed by atoms with E-state index in [1.165, 1.54) is 20.0 Å². The Morgan fingerprint density at radius 3 is 1.42 bits per heavy atom. The average Bonchev–Trinajstić information content (AvgIpc) is 3.67. The molecular formula is C37H34N12O6. The fourth-order valence-electron chi connectivity index (χ4n) is 4.83. The Kier molecular flexibility index (Phi) is 12.4. The number of aromatic nitrogens is 12. The Labute approximate surface area is 313 Å². The lowest BCUT2D eigenvalue weighted by molar-refractivity contribution is 0.0468. The standard InChI is InChI=1S/C16H14N4O2.C12H12N4O2.C9H8N4O2/c1-11-3-2-4-12(9-11)10-22-16(21)14-7-5-13(6-8-14)15-17-19-20-18-15;17-12(18-7-8-1-2-8)10-5-3-9(4-6-10)11-13-15-16-14-11;1-15-9(14)7-4-2-6(3-5-7)8-10-12-13-11-8/h2-9H,10H2,1H3,(H,17,18,19,20);3-6,8H,1-2,7H2,(H,13,14,15,16);2-5H,1H3,(H,10,11,12,13). The fourth-order valence-corrected chi connectivity index (χ4v) is 4.83. The van der Waals surface area contributed by atoms with E-state index in [0.717, 1.165) is 27.8 Å². The van der Waals surface area contributed by atoms with Crippen LogP contribution in [0.5, 0.6) is 0 Å². The highest BCUT2D eigenvalue weighted by atomic mass is 16.5. The van der Waals surface area contributed by atoms with Crippen LogP contribution < -0.4 is 0 Å². The molecule has 1 aliphatic rings. The summed E-state index contributed by atoms with van der Waals surface area (Å²) in [6.07, 6.45) is 2.34. The smallest absolute Gasteiger partial charge is 0.338 e. The summed E-state index contributed by atoms with van der Waals surface area (Å²) >= 11 is 0. The first-order chi connectivity index (χ1) is 26.9. The maximum atomic E-state index is 12.0. The molecule has 4 aromatic carbocycles. The van der Waals surface area contributed by atoms with E-state index >= 15 is 0 Å². The van der Waals surface area contributed by atoms with Gasteiger partial charge in [0.15, 0.2) is 0 Å². The number of carbonyl (C=O) groups is 3. The number of hydrogen-bond acceptors (Lipinski definition) is 15. The Balaban J connectivity index is 0.000000143. The number of aromatic amines is 3. The third kappa shape index (κ3) is 10.8. The van der Waals surface area contributed by atoms with Crippen molar-refractivity contribution in [3.05, 3.63) is 125 Å². The summed E-state index contributed by atoms with van der Waals surface area (Å²) in [6, 6.07) is 28.5. The molecule has 1 aliphatic carbocycles. The first-order valence-electron chi connectivity index (χ1n) is 16.9. The van der Waals surface area contributed by atoms with Crippen molar-refractivity contribution in [2.45, 2.75) is 26.4 Å². The number of rotatable bonds is 10. The van der Waals surface area contributed by atoms with Gasteiger partial charge in [-0.3, -0.25) is 0 Å². The molecule has 0 atom stereocenters. The van der Waals surface area contributed by atoms with Crippen molar-refractivity contribution in [3.8, 4) is 34.2 Å². The SMILES string of the molecule is COC(=O)c1ccc(-c2nn[nH]n2)cc1.Cc1cccc(COC(=O)c2ccc(-c3nn[nH]n3)cc2)c1.O=C(OCC1CC1)c1ccc(-c2nn[nH]n2)cc1. The van der Waals surface area contributed by atoms with Crippen LogP contribution in [0.4, 0.5) is 0 Å². The number of methoxy groups -OCH3 is 1. The van der Waals surface area contributed by atoms with E-state index in [0.29, 0.717) is 46.7 Å². The van der Waals surface area contributed by atoms with Gasteiger partial charge in [0, 0.05) is 16.7 Å². The van der Waals surface area contributed by atoms with Gasteiger partial charge in [0.1, 0.15) is 6.61 Å². The van der Waals surface area contributed by atoms with Crippen molar-refractivity contribution in [1.29, 1.82) is 0 Å². The van der Waals surface area contributed by atoms with Gasteiger partial charge in [0.2, 0.25) is 17.5 Å². The molecule has 278 valence electrons. The Bertz CT molecular complexity index is 2260. The van der Waals surface area contributed by atoms with Crippen LogP contribution in [0.2, 0.25) is 0 Å². The van der Waals surface area contributed by atoms with Gasteiger partial charge < -0.3 is 14.2 Å². The number of aryl methyl sites for hydroxylation is 1. The van der Waals surface area contributed by atoms with Gasteiger partial charge in [-0.15, -0.1) is 30.6 Å². The molecule has 0 aliphatic heterocycles. The number of carbonyl (C=O) groups excluding carboxylic acids is 3. The highest BCUT2D eigenvalue weighted by molar-refractivity contribution is 5.91. The van der Waals surface area contributed by atoms with Crippen LogP contribution in [-0.2, 0) is 20.8 Å². The van der Waals surface area contributed by atoms with E-state index in [4.69, 9.17) is 9.47 Å². The molecular weight excluding hydrogens is 708 g/mol. The zero-order chi connectivity index (χ0) is 38.4. The van der Waals surface area contributed by atoms with Crippen molar-refractivity contribution in [3.63, 3.8) is 0 Å². The molecule has 18 heteroatoms. The molecule has 0 radical (unpaired) electrons. The predicted octanol–water partition coefficient (Wildman–Crippen LogP) is 4.62. The summed E-state index contributed by atoms with van der Waals surface area (Å²) in [7, 11) is 1.34. The first-order valence-corrected chi connectivity index (χ1v) is 16.9. The van der Waals surface area contributed by atoms with Gasteiger partial charge in [-0.25, -0.2) is 14.4 Å². The van der Waals surface area contributed by atoms with E-state index in [1.807, 2.05) is 31.2 Å². The summed E-state index contributed by atoms with van der Waals surface area (Å²) in [5.41, 5.74) is 6.00. The molecule has 18 nitrogen and oxygen atoms in total. The molecule has 55 heavy (non-hydrogen) atoms. The zero-order valence-electron chi connectivity index (χ0n) is 29.6. The summed E-state index contributed by atoms with van der Waals surface area (Å²) in [5, 5.41) is 40.7. The van der Waals surface area contributed by atoms with Crippen LogP contribution in [-0.4, -0.2) is 93.5 Å². The fraction of sp³-hybridized carbons (Fsp3) is 0.189. The van der Waals surface area contributed by atoms with Crippen molar-refractivity contribution in [2.75, 3.05) is 13.7 Å². The minimum atomic E-state index is -0.366. The van der Waals surface area contributed by atoms with E-state index in [2.05, 4.69) is 66.6 Å². The quantitative estimate of drug-likeness (QED) is 0.128. The molecule has 1 saturated carbocycles. The van der Waals surface area contributed by atoms with Gasteiger partial charge in [-0.1, -0.05) is 66.2 Å². The van der Waals surface area contributed by atoms with Gasteiger partial charge in [0.25, 0.3) is 0 Å². The number of tetrazole rings is 3. The van der Waals surface area contributed by atoms with Gasteiger partial charge in [-0.2, -0.15) is 15.6 Å². The number of hydrogen-bond donors (Lipinski definition) is 3. The van der Waals surface area contributed by atoms with Gasteiger partial charge in [-0.05, 0) is 83.3 Å². The lowest BCUT2D eigenvalue weighted by Crippen LogP contribution is -2.07. The third-order valence-corrected chi connectivity index (χ3v) is 7.96. The van der Waals surface area contributed by atoms with Gasteiger partial charge in [0.05, 0.1) is 30.4 Å². The van der Waals surface area contributed by atoms with Crippen LogP contribution in [0.25, 0.3) is 34.2 Å². The van der Waals surface area contributed by atoms with Gasteiger partial charge >= 0.3 is 17.9 Å². The normalized spacial score (nSPS) is 11.6. The van der Waals surface area contributed by atoms with Crippen LogP contribution >= 0.6 is 0 Å². The second kappa shape index (κ2) is 18.3. The molecule has 0 bridgehead atoms. The molecule has 0 saturated heterocycles. The highest BCUT2D eigenvalue weighted by Crippen LogP contribution is 2.29. The Morgan fingerprint density at radius 2 is 1.04 bits per heavy atom. The lowest BCUT2D eigenvalue weighted by Gasteiger charge is -2.06. The number of esters is 3. The van der Waals surface area contributed by atoms with Crippen LogP contribution in [0.15, 0.2) is 97.1 Å². The minimum absolute atomic E-state index is 0.257. The van der Waals surface area contributed by atoms with Crippen molar-refractivity contribution in [1.82, 2.24) is 61.9 Å². The predicted molar refractivity (Wildman–Crippen MR) is 193 cm³/mol. The first kappa shape index (κ1) is 37.3. The minimum Gasteiger partial charge on any atom is -0.465 e. The van der Waals surface area contributed by atoms with E-state index in [9.17, 15) is 14.4 Å². The summed E-state index contributed by atoms with van der Waals surface area (Å²) in [5.74, 6) is 1.06. The van der Waals surface area contributed by atoms with Crippen LogP contribution in [0, 0.1) is 12.8 Å². The van der Waals surface area contributed by atoms with Crippen molar-refractivity contribution in [2.24, 2.45) is 5.92 Å². The molecule has 0 unspecified atom stereocenters. The Morgan fingerprint density at radius 1 is 0.600 bits per heavy atom. The molecule has 3 N–H and O–H groups in total. The molecule has 7 aromatic rings. The average molecular weight is 743 g/mol. The number of nitrogens with one attached hydrogen (secondary N) is 3. The second-order valence-electron chi connectivity index (χ2n) is 12.0. The number of H-pyrrole nitrogens is 3. The maximum absolute atomic E-state index is 12.0. The zero-order valence-corrected chi connectivity index (χ0v) is 29.6. The van der Waals surface area contributed by atoms with E-state index in [1.54, 1.807) is 72.8 Å². The highest BCUT2D eigenvalue weighted by Gasteiger charge is 2.23. The monoisotopic (exact) mass is 742 g/mol. The number of benzene rings is 4. The molecule has 3 aromatic heterocycles. The van der Waals surface area contributed by atoms with Crippen molar-refractivity contribution < 1.29 is 28.6 Å². The summed E-state index contributed by atoms with van der Waals surface area (Å²) in [4.78, 5) is 34.9. The largest absolute Gasteiger partial charge is 0.465 e. The lowest BCUT2D eigenvalue weighted by atomic mass is 10.1. The molecule has 8 rings (SSSR count). The number of nitrogens with zero attached hydrogens (tertiary/aromatic N) is 9. The van der Waals surface area contributed by atoms with Crippen LogP contribution in [0.1, 0.15) is 55.0 Å². The third-order valence-electron chi connectivity index (χ3n) is 7.96. The van der Waals surface area contributed by atoms with Crippen molar-refractivity contribution >= 4 is 17.9 Å². The molecule has 1 fully saturated rings.